The predicted molar refractivity (Wildman–Crippen MR) is 140 cm³/mol. The third-order valence-corrected chi connectivity index (χ3v) is 8.56. The van der Waals surface area contributed by atoms with E-state index in [9.17, 15) is 14.0 Å². The number of carbonyl (C=O) groups is 2. The van der Waals surface area contributed by atoms with Crippen molar-refractivity contribution in [1.82, 2.24) is 24.7 Å². The first-order chi connectivity index (χ1) is 17.7. The van der Waals surface area contributed by atoms with Gasteiger partial charge in [0.2, 0.25) is 11.8 Å². The highest BCUT2D eigenvalue weighted by Gasteiger charge is 2.42. The molecule has 0 spiro atoms. The molecule has 37 heavy (non-hydrogen) atoms. The van der Waals surface area contributed by atoms with Crippen LogP contribution >= 0.6 is 0 Å². The minimum atomic E-state index is -0.274. The zero-order chi connectivity index (χ0) is 26.3. The lowest BCUT2D eigenvalue weighted by Crippen LogP contribution is -2.45. The molecule has 3 aliphatic heterocycles. The topological polar surface area (TPSA) is 70.5 Å². The zero-order valence-electron chi connectivity index (χ0n) is 22.5. The van der Waals surface area contributed by atoms with Gasteiger partial charge in [-0.3, -0.25) is 14.5 Å². The highest BCUT2D eigenvalue weighted by molar-refractivity contribution is 5.78. The summed E-state index contributed by atoms with van der Waals surface area (Å²) in [6, 6.07) is 7.84. The lowest BCUT2D eigenvalue weighted by Gasteiger charge is -2.41. The molecule has 0 radical (unpaired) electrons. The Morgan fingerprint density at radius 1 is 1.16 bits per heavy atom. The van der Waals surface area contributed by atoms with Crippen LogP contribution in [0.2, 0.25) is 0 Å². The van der Waals surface area contributed by atoms with E-state index in [4.69, 9.17) is 4.98 Å². The van der Waals surface area contributed by atoms with Crippen LogP contribution in [0.4, 0.5) is 4.39 Å². The van der Waals surface area contributed by atoms with Gasteiger partial charge in [-0.1, -0.05) is 26.0 Å². The first-order valence-electron chi connectivity index (χ1n) is 13.8. The summed E-state index contributed by atoms with van der Waals surface area (Å²) in [4.78, 5) is 33.9. The quantitative estimate of drug-likeness (QED) is 0.604. The number of hydrogen-bond donors (Lipinski definition) is 1. The van der Waals surface area contributed by atoms with Crippen molar-refractivity contribution in [2.24, 2.45) is 5.92 Å². The Morgan fingerprint density at radius 3 is 2.54 bits per heavy atom. The number of carbonyl (C=O) groups excluding carboxylic acids is 2. The molecule has 2 bridgehead atoms. The Balaban J connectivity index is 1.27. The molecule has 2 amide bonds. The molecule has 7 nitrogen and oxygen atoms in total. The molecular weight excluding hydrogens is 469 g/mol. The SMILES string of the molecule is CC(=O)N[C@@H](CCN1[C@@H]2CC[C@H]1C[C@@H](n1c(C)nc3c1CCN(C(=O)C(C)C)C3)C2)c1cccc(F)c1. The summed E-state index contributed by atoms with van der Waals surface area (Å²) in [6.45, 7) is 9.83. The van der Waals surface area contributed by atoms with E-state index in [-0.39, 0.29) is 29.6 Å². The summed E-state index contributed by atoms with van der Waals surface area (Å²) in [6.07, 6.45) is 6.21. The highest BCUT2D eigenvalue weighted by atomic mass is 19.1. The number of piperidine rings is 1. The fraction of sp³-hybridized carbons (Fsp3) is 0.621. The minimum absolute atomic E-state index is 0.0100. The number of amides is 2. The zero-order valence-corrected chi connectivity index (χ0v) is 22.5. The summed E-state index contributed by atoms with van der Waals surface area (Å²) in [5, 5.41) is 3.03. The van der Waals surface area contributed by atoms with Gasteiger partial charge in [-0.15, -0.1) is 0 Å². The molecule has 3 aliphatic rings. The number of nitrogens with one attached hydrogen (secondary N) is 1. The monoisotopic (exact) mass is 509 g/mol. The number of rotatable bonds is 7. The average molecular weight is 510 g/mol. The van der Waals surface area contributed by atoms with Gasteiger partial charge in [0.15, 0.2) is 0 Å². The Morgan fingerprint density at radius 2 is 1.89 bits per heavy atom. The number of nitrogens with zero attached hydrogens (tertiary/aromatic N) is 4. The Hall–Kier alpha value is -2.74. The van der Waals surface area contributed by atoms with E-state index in [1.54, 1.807) is 6.07 Å². The van der Waals surface area contributed by atoms with Gasteiger partial charge in [0.05, 0.1) is 18.3 Å². The molecule has 4 heterocycles. The fourth-order valence-electron chi connectivity index (χ4n) is 6.97. The van der Waals surface area contributed by atoms with Crippen molar-refractivity contribution in [1.29, 1.82) is 0 Å². The van der Waals surface area contributed by atoms with Crippen LogP contribution in [0.1, 0.15) is 87.7 Å². The Labute approximate surface area is 219 Å². The number of fused-ring (bicyclic) bond motifs is 3. The van der Waals surface area contributed by atoms with Crippen LogP contribution in [-0.2, 0) is 22.6 Å². The van der Waals surface area contributed by atoms with Crippen LogP contribution in [-0.4, -0.2) is 56.3 Å². The molecule has 8 heteroatoms. The number of halogens is 1. The molecule has 1 aromatic carbocycles. The van der Waals surface area contributed by atoms with E-state index >= 15 is 0 Å². The molecule has 5 rings (SSSR count). The molecule has 2 aromatic rings. The third-order valence-electron chi connectivity index (χ3n) is 8.56. The largest absolute Gasteiger partial charge is 0.349 e. The summed E-state index contributed by atoms with van der Waals surface area (Å²) < 4.78 is 16.4. The molecule has 2 fully saturated rings. The molecule has 1 aromatic heterocycles. The van der Waals surface area contributed by atoms with Gasteiger partial charge in [-0.05, 0) is 56.7 Å². The van der Waals surface area contributed by atoms with Crippen LogP contribution in [0, 0.1) is 18.7 Å². The van der Waals surface area contributed by atoms with Gasteiger partial charge >= 0.3 is 0 Å². The Bertz CT molecular complexity index is 1150. The standard InChI is InChI=1S/C29H40FN5O2/c1-18(2)29(37)33-12-11-28-27(17-33)31-19(3)35(28)25-15-23-8-9-24(16-25)34(23)13-10-26(32-20(4)36)21-6-5-7-22(30)14-21/h5-7,14,18,23-26H,8-13,15-17H2,1-4H3,(H,32,36)/t23-,24+,25+,26-/m0/s1. The Kier molecular flexibility index (Phi) is 7.39. The summed E-state index contributed by atoms with van der Waals surface area (Å²) >= 11 is 0. The summed E-state index contributed by atoms with van der Waals surface area (Å²) in [7, 11) is 0. The van der Waals surface area contributed by atoms with Gasteiger partial charge in [0, 0.05) is 56.2 Å². The predicted octanol–water partition coefficient (Wildman–Crippen LogP) is 4.31. The maximum absolute atomic E-state index is 13.9. The van der Waals surface area contributed by atoms with Crippen LogP contribution < -0.4 is 5.32 Å². The molecular formula is C29H40FN5O2. The van der Waals surface area contributed by atoms with Crippen molar-refractivity contribution in [2.75, 3.05) is 13.1 Å². The van der Waals surface area contributed by atoms with Crippen molar-refractivity contribution in [3.8, 4) is 0 Å². The van der Waals surface area contributed by atoms with Crippen molar-refractivity contribution in [2.45, 2.75) is 96.9 Å². The molecule has 0 aliphatic carbocycles. The lowest BCUT2D eigenvalue weighted by atomic mass is 9.94. The van der Waals surface area contributed by atoms with E-state index in [0.29, 0.717) is 24.7 Å². The maximum Gasteiger partial charge on any atom is 0.225 e. The van der Waals surface area contributed by atoms with Crippen LogP contribution in [0.15, 0.2) is 24.3 Å². The van der Waals surface area contributed by atoms with E-state index in [2.05, 4.69) is 21.7 Å². The molecule has 0 saturated carbocycles. The van der Waals surface area contributed by atoms with Crippen LogP contribution in [0.5, 0.6) is 0 Å². The highest BCUT2D eigenvalue weighted by Crippen LogP contribution is 2.43. The number of imidazole rings is 1. The molecule has 200 valence electrons. The van der Waals surface area contributed by atoms with E-state index in [1.165, 1.54) is 37.6 Å². The second-order valence-electron chi connectivity index (χ2n) is 11.4. The van der Waals surface area contributed by atoms with Crippen molar-refractivity contribution < 1.29 is 14.0 Å². The lowest BCUT2D eigenvalue weighted by molar-refractivity contribution is -0.135. The van der Waals surface area contributed by atoms with Gasteiger partial charge in [-0.2, -0.15) is 0 Å². The molecule has 2 saturated heterocycles. The van der Waals surface area contributed by atoms with E-state index < -0.39 is 0 Å². The van der Waals surface area contributed by atoms with Gasteiger partial charge in [-0.25, -0.2) is 9.37 Å². The van der Waals surface area contributed by atoms with Gasteiger partial charge in [0.1, 0.15) is 11.6 Å². The van der Waals surface area contributed by atoms with Gasteiger partial charge < -0.3 is 14.8 Å². The average Bonchev–Trinajstić information content (AvgIpc) is 3.30. The number of aromatic nitrogens is 2. The van der Waals surface area contributed by atoms with E-state index in [0.717, 1.165) is 55.9 Å². The number of benzene rings is 1. The first kappa shape index (κ1) is 25.9. The molecule has 1 N–H and O–H groups in total. The third kappa shape index (κ3) is 5.31. The fourth-order valence-corrected chi connectivity index (χ4v) is 6.97. The summed E-state index contributed by atoms with van der Waals surface area (Å²) in [5.41, 5.74) is 3.21. The number of hydrogen-bond acceptors (Lipinski definition) is 4. The summed E-state index contributed by atoms with van der Waals surface area (Å²) in [5.74, 6) is 0.920. The van der Waals surface area contributed by atoms with E-state index in [1.807, 2.05) is 24.8 Å². The maximum atomic E-state index is 13.9. The first-order valence-corrected chi connectivity index (χ1v) is 13.8. The molecule has 4 atom stereocenters. The van der Waals surface area contributed by atoms with Crippen molar-refractivity contribution in [3.63, 3.8) is 0 Å². The minimum Gasteiger partial charge on any atom is -0.349 e. The molecule has 0 unspecified atom stereocenters. The second kappa shape index (κ2) is 10.6. The van der Waals surface area contributed by atoms with Crippen molar-refractivity contribution in [3.05, 3.63) is 52.9 Å². The normalized spacial score (nSPS) is 24.3. The smallest absolute Gasteiger partial charge is 0.225 e. The van der Waals surface area contributed by atoms with Crippen LogP contribution in [0.25, 0.3) is 0 Å². The van der Waals surface area contributed by atoms with Crippen molar-refractivity contribution >= 4 is 11.8 Å². The van der Waals surface area contributed by atoms with Crippen LogP contribution in [0.3, 0.4) is 0 Å². The second-order valence-corrected chi connectivity index (χ2v) is 11.4. The van der Waals surface area contributed by atoms with Gasteiger partial charge in [0.25, 0.3) is 0 Å². The number of aryl methyl sites for hydroxylation is 1.